The predicted octanol–water partition coefficient (Wildman–Crippen LogP) is 3.79. The van der Waals surface area contributed by atoms with Gasteiger partial charge in [0.05, 0.1) is 11.4 Å². The van der Waals surface area contributed by atoms with Gasteiger partial charge in [-0.15, -0.1) is 11.8 Å². The fraction of sp³-hybridized carbons (Fsp3) is 0.188. The van der Waals surface area contributed by atoms with E-state index in [1.807, 2.05) is 25.1 Å². The van der Waals surface area contributed by atoms with Gasteiger partial charge in [0.1, 0.15) is 5.82 Å². The number of benzene rings is 2. The van der Waals surface area contributed by atoms with Gasteiger partial charge in [0.25, 0.3) is 0 Å². The Morgan fingerprint density at radius 1 is 1.29 bits per heavy atom. The Balaban J connectivity index is 1.75. The van der Waals surface area contributed by atoms with E-state index >= 15 is 0 Å². The lowest BCUT2D eigenvalue weighted by molar-refractivity contribution is -0.113. The molecule has 0 bridgehead atoms. The third-order valence-corrected chi connectivity index (χ3v) is 4.48. The molecule has 21 heavy (non-hydrogen) atoms. The summed E-state index contributed by atoms with van der Waals surface area (Å²) in [5, 5.41) is 6.13. The minimum atomic E-state index is -0.230. The maximum absolute atomic E-state index is 13.3. The molecule has 0 radical (unpaired) electrons. The fourth-order valence-corrected chi connectivity index (χ4v) is 3.01. The topological polar surface area (TPSA) is 41.1 Å². The van der Waals surface area contributed by atoms with Gasteiger partial charge in [0.2, 0.25) is 5.91 Å². The van der Waals surface area contributed by atoms with Crippen LogP contribution in [0.3, 0.4) is 0 Å². The average Bonchev–Trinajstić information content (AvgIpc) is 2.47. The Morgan fingerprint density at radius 3 is 3.00 bits per heavy atom. The second-order valence-electron chi connectivity index (χ2n) is 4.97. The van der Waals surface area contributed by atoms with Crippen LogP contribution < -0.4 is 10.6 Å². The van der Waals surface area contributed by atoms with Crippen LogP contribution in [0.2, 0.25) is 0 Å². The van der Waals surface area contributed by atoms with Gasteiger partial charge in [-0.1, -0.05) is 6.07 Å². The molecule has 2 N–H and O–H groups in total. The number of nitrogens with one attached hydrogen (secondary N) is 2. The number of amides is 1. The summed E-state index contributed by atoms with van der Waals surface area (Å²) in [5.41, 5.74) is 3.70. The molecule has 1 aliphatic heterocycles. The highest BCUT2D eigenvalue weighted by Gasteiger charge is 2.15. The van der Waals surface area contributed by atoms with Crippen molar-refractivity contribution in [1.29, 1.82) is 0 Å². The lowest BCUT2D eigenvalue weighted by Gasteiger charge is -2.18. The van der Waals surface area contributed by atoms with E-state index in [-0.39, 0.29) is 11.7 Å². The van der Waals surface area contributed by atoms with Crippen molar-refractivity contribution < 1.29 is 9.18 Å². The first-order chi connectivity index (χ1) is 10.1. The van der Waals surface area contributed by atoms with E-state index in [1.54, 1.807) is 12.1 Å². The van der Waals surface area contributed by atoms with E-state index in [1.165, 1.54) is 17.8 Å². The summed E-state index contributed by atoms with van der Waals surface area (Å²) in [7, 11) is 0. The summed E-state index contributed by atoms with van der Waals surface area (Å²) in [4.78, 5) is 12.5. The van der Waals surface area contributed by atoms with Crippen molar-refractivity contribution >= 4 is 29.0 Å². The quantitative estimate of drug-likeness (QED) is 0.906. The molecule has 0 saturated heterocycles. The number of thioether (sulfide) groups is 1. The van der Waals surface area contributed by atoms with Crippen LogP contribution in [0, 0.1) is 12.7 Å². The SMILES string of the molecule is Cc1ccc(F)cc1CNc1ccc2c(c1)NC(=O)CS2. The van der Waals surface area contributed by atoms with E-state index in [0.717, 1.165) is 27.4 Å². The summed E-state index contributed by atoms with van der Waals surface area (Å²) in [6.07, 6.45) is 0. The zero-order valence-electron chi connectivity index (χ0n) is 11.6. The van der Waals surface area contributed by atoms with Gasteiger partial charge in [-0.05, 0) is 48.4 Å². The molecule has 1 amide bonds. The second-order valence-corrected chi connectivity index (χ2v) is 5.99. The first-order valence-electron chi connectivity index (χ1n) is 6.67. The zero-order chi connectivity index (χ0) is 14.8. The van der Waals surface area contributed by atoms with Crippen molar-refractivity contribution in [1.82, 2.24) is 0 Å². The Morgan fingerprint density at radius 2 is 2.14 bits per heavy atom. The largest absolute Gasteiger partial charge is 0.381 e. The molecule has 0 spiro atoms. The summed E-state index contributed by atoms with van der Waals surface area (Å²) in [5.74, 6) is 0.250. The third-order valence-electron chi connectivity index (χ3n) is 3.41. The number of anilines is 2. The third kappa shape index (κ3) is 3.19. The van der Waals surface area contributed by atoms with Gasteiger partial charge in [-0.3, -0.25) is 4.79 Å². The fourth-order valence-electron chi connectivity index (χ4n) is 2.22. The lowest BCUT2D eigenvalue weighted by Crippen LogP contribution is -2.18. The van der Waals surface area contributed by atoms with E-state index in [2.05, 4.69) is 10.6 Å². The highest BCUT2D eigenvalue weighted by atomic mass is 32.2. The molecule has 5 heteroatoms. The zero-order valence-corrected chi connectivity index (χ0v) is 12.4. The van der Waals surface area contributed by atoms with E-state index in [4.69, 9.17) is 0 Å². The number of halogens is 1. The average molecular weight is 302 g/mol. The van der Waals surface area contributed by atoms with Gasteiger partial charge in [-0.25, -0.2) is 4.39 Å². The summed E-state index contributed by atoms with van der Waals surface area (Å²) in [6.45, 7) is 2.50. The molecule has 108 valence electrons. The van der Waals surface area contributed by atoms with E-state index < -0.39 is 0 Å². The molecule has 0 aliphatic carbocycles. The van der Waals surface area contributed by atoms with Crippen molar-refractivity contribution in [2.75, 3.05) is 16.4 Å². The molecule has 0 saturated carbocycles. The molecule has 3 rings (SSSR count). The Kier molecular flexibility index (Phi) is 3.84. The van der Waals surface area contributed by atoms with Gasteiger partial charge >= 0.3 is 0 Å². The summed E-state index contributed by atoms with van der Waals surface area (Å²) < 4.78 is 13.3. The normalized spacial score (nSPS) is 13.5. The van der Waals surface area contributed by atoms with Gasteiger partial charge in [0.15, 0.2) is 0 Å². The number of aryl methyl sites for hydroxylation is 1. The second kappa shape index (κ2) is 5.77. The molecule has 1 heterocycles. The number of fused-ring (bicyclic) bond motifs is 1. The Hall–Kier alpha value is -2.01. The highest BCUT2D eigenvalue weighted by Crippen LogP contribution is 2.33. The van der Waals surface area contributed by atoms with Gasteiger partial charge in [0, 0.05) is 17.1 Å². The molecule has 3 nitrogen and oxygen atoms in total. The maximum Gasteiger partial charge on any atom is 0.234 e. The maximum atomic E-state index is 13.3. The van der Waals surface area contributed by atoms with Crippen LogP contribution in [0.1, 0.15) is 11.1 Å². The molecule has 2 aromatic rings. The van der Waals surface area contributed by atoms with E-state index in [9.17, 15) is 9.18 Å². The predicted molar refractivity (Wildman–Crippen MR) is 84.3 cm³/mol. The molecular formula is C16H15FN2OS. The van der Waals surface area contributed by atoms with Crippen LogP contribution in [0.5, 0.6) is 0 Å². The Labute approximate surface area is 126 Å². The number of hydrogen-bond donors (Lipinski definition) is 2. The van der Waals surface area contributed by atoms with Crippen molar-refractivity contribution in [2.45, 2.75) is 18.4 Å². The summed E-state index contributed by atoms with van der Waals surface area (Å²) in [6, 6.07) is 10.6. The highest BCUT2D eigenvalue weighted by molar-refractivity contribution is 8.00. The van der Waals surface area contributed by atoms with Crippen LogP contribution in [0.15, 0.2) is 41.3 Å². The first-order valence-corrected chi connectivity index (χ1v) is 7.66. The van der Waals surface area contributed by atoms with Crippen LogP contribution in [-0.4, -0.2) is 11.7 Å². The molecular weight excluding hydrogens is 287 g/mol. The Bertz CT molecular complexity index is 703. The van der Waals surface area contributed by atoms with E-state index in [0.29, 0.717) is 12.3 Å². The lowest BCUT2D eigenvalue weighted by atomic mass is 10.1. The number of carbonyl (C=O) groups excluding carboxylic acids is 1. The van der Waals surface area contributed by atoms with Crippen LogP contribution in [0.4, 0.5) is 15.8 Å². The summed E-state index contributed by atoms with van der Waals surface area (Å²) >= 11 is 1.53. The van der Waals surface area contributed by atoms with Gasteiger partial charge < -0.3 is 10.6 Å². The molecule has 0 atom stereocenters. The number of carbonyl (C=O) groups is 1. The van der Waals surface area contributed by atoms with Crippen LogP contribution in [-0.2, 0) is 11.3 Å². The monoisotopic (exact) mass is 302 g/mol. The van der Waals surface area contributed by atoms with Crippen molar-refractivity contribution in [3.63, 3.8) is 0 Å². The molecule has 0 aromatic heterocycles. The number of rotatable bonds is 3. The minimum Gasteiger partial charge on any atom is -0.381 e. The van der Waals surface area contributed by atoms with Crippen molar-refractivity contribution in [2.24, 2.45) is 0 Å². The molecule has 0 unspecified atom stereocenters. The minimum absolute atomic E-state index is 0.0191. The molecule has 2 aromatic carbocycles. The van der Waals surface area contributed by atoms with Gasteiger partial charge in [-0.2, -0.15) is 0 Å². The van der Waals surface area contributed by atoms with Crippen LogP contribution >= 0.6 is 11.8 Å². The molecule has 0 fully saturated rings. The van der Waals surface area contributed by atoms with Crippen molar-refractivity contribution in [3.05, 3.63) is 53.3 Å². The van der Waals surface area contributed by atoms with Crippen molar-refractivity contribution in [3.8, 4) is 0 Å². The standard InChI is InChI=1S/C16H15FN2OS/c1-10-2-3-12(17)6-11(10)8-18-13-4-5-15-14(7-13)19-16(20)9-21-15/h2-7,18H,8-9H2,1H3,(H,19,20). The first kappa shape index (κ1) is 13.9. The smallest absolute Gasteiger partial charge is 0.234 e. The van der Waals surface area contributed by atoms with Crippen LogP contribution in [0.25, 0.3) is 0 Å². The number of hydrogen-bond acceptors (Lipinski definition) is 3. The molecule has 1 aliphatic rings.